The number of nitrogens with zero attached hydrogens (tertiary/aromatic N) is 1. The number of hydrogen-bond acceptors (Lipinski definition) is 4. The van der Waals surface area contributed by atoms with Gasteiger partial charge in [-0.3, -0.25) is 4.79 Å². The summed E-state index contributed by atoms with van der Waals surface area (Å²) in [5, 5.41) is 4.18. The first kappa shape index (κ1) is 17.7. The standard InChI is InChI=1S/C16H24N2O2S.ClH/c1-11-8-18(9-15(20-11)13-5-6-21-10-13)16(19)14-4-2-3-12(14)7-17;/h5-6,10-12,14-15H,2-4,7-9,17H2,1H3;1H/t11?,12-,14-,15?;/m1./s1. The molecule has 1 aromatic rings. The topological polar surface area (TPSA) is 55.6 Å². The first-order valence-electron chi connectivity index (χ1n) is 7.85. The fraction of sp³-hybridized carbons (Fsp3) is 0.688. The van der Waals surface area contributed by atoms with Crippen LogP contribution in [0.1, 0.15) is 37.9 Å². The quantitative estimate of drug-likeness (QED) is 0.917. The van der Waals surface area contributed by atoms with E-state index in [0.717, 1.165) is 19.3 Å². The average molecular weight is 345 g/mol. The highest BCUT2D eigenvalue weighted by Crippen LogP contribution is 2.34. The van der Waals surface area contributed by atoms with Crippen molar-refractivity contribution in [3.05, 3.63) is 22.4 Å². The molecule has 0 spiro atoms. The number of halogens is 1. The molecular weight excluding hydrogens is 320 g/mol. The summed E-state index contributed by atoms with van der Waals surface area (Å²) < 4.78 is 6.01. The summed E-state index contributed by atoms with van der Waals surface area (Å²) >= 11 is 1.67. The van der Waals surface area contributed by atoms with Gasteiger partial charge in [0, 0.05) is 12.5 Å². The van der Waals surface area contributed by atoms with Crippen LogP contribution < -0.4 is 5.73 Å². The molecule has 2 fully saturated rings. The van der Waals surface area contributed by atoms with Crippen molar-refractivity contribution in [2.24, 2.45) is 17.6 Å². The van der Waals surface area contributed by atoms with E-state index in [4.69, 9.17) is 10.5 Å². The van der Waals surface area contributed by atoms with Crippen molar-refractivity contribution >= 4 is 29.7 Å². The van der Waals surface area contributed by atoms with Crippen LogP contribution in [0.15, 0.2) is 16.8 Å². The first-order valence-corrected chi connectivity index (χ1v) is 8.79. The Morgan fingerprint density at radius 1 is 1.45 bits per heavy atom. The second-order valence-corrected chi connectivity index (χ2v) is 7.05. The van der Waals surface area contributed by atoms with Gasteiger partial charge in [0.05, 0.1) is 12.6 Å². The fourth-order valence-corrected chi connectivity index (χ4v) is 4.35. The van der Waals surface area contributed by atoms with Crippen LogP contribution in [0.4, 0.5) is 0 Å². The van der Waals surface area contributed by atoms with Crippen molar-refractivity contribution in [2.75, 3.05) is 19.6 Å². The van der Waals surface area contributed by atoms with Gasteiger partial charge in [0.2, 0.25) is 5.91 Å². The van der Waals surface area contributed by atoms with Gasteiger partial charge in [0.1, 0.15) is 6.10 Å². The summed E-state index contributed by atoms with van der Waals surface area (Å²) in [6.45, 7) is 4.05. The number of thiophene rings is 1. The SMILES string of the molecule is CC1CN(C(=O)[C@@H]2CCC[C@@H]2CN)CC(c2ccsc2)O1.Cl. The number of nitrogens with two attached hydrogens (primary N) is 1. The molecule has 1 aromatic heterocycles. The molecule has 0 bridgehead atoms. The number of rotatable bonds is 3. The van der Waals surface area contributed by atoms with Crippen LogP contribution in [0, 0.1) is 11.8 Å². The summed E-state index contributed by atoms with van der Waals surface area (Å²) in [4.78, 5) is 14.9. The smallest absolute Gasteiger partial charge is 0.226 e. The van der Waals surface area contributed by atoms with Gasteiger partial charge in [0.15, 0.2) is 0 Å². The molecule has 2 aliphatic rings. The van der Waals surface area contributed by atoms with Crippen LogP contribution >= 0.6 is 23.7 Å². The largest absolute Gasteiger partial charge is 0.367 e. The molecule has 124 valence electrons. The summed E-state index contributed by atoms with van der Waals surface area (Å²) in [5.74, 6) is 0.789. The lowest BCUT2D eigenvalue weighted by Gasteiger charge is -2.38. The van der Waals surface area contributed by atoms with Crippen LogP contribution in [0.5, 0.6) is 0 Å². The van der Waals surface area contributed by atoms with E-state index in [9.17, 15) is 4.79 Å². The third-order valence-electron chi connectivity index (χ3n) is 4.77. The van der Waals surface area contributed by atoms with E-state index in [-0.39, 0.29) is 30.5 Å². The molecule has 0 aromatic carbocycles. The molecule has 1 saturated carbocycles. The van der Waals surface area contributed by atoms with E-state index in [1.807, 2.05) is 11.8 Å². The lowest BCUT2D eigenvalue weighted by Crippen LogP contribution is -2.49. The van der Waals surface area contributed by atoms with Gasteiger partial charge in [-0.2, -0.15) is 11.3 Å². The Balaban J connectivity index is 0.00000176. The number of carbonyl (C=O) groups excluding carboxylic acids is 1. The molecule has 22 heavy (non-hydrogen) atoms. The summed E-state index contributed by atoms with van der Waals surface area (Å²) in [7, 11) is 0. The molecular formula is C16H25ClN2O2S. The number of carbonyl (C=O) groups is 1. The minimum Gasteiger partial charge on any atom is -0.367 e. The van der Waals surface area contributed by atoms with Gasteiger partial charge in [-0.05, 0) is 54.6 Å². The summed E-state index contributed by atoms with van der Waals surface area (Å²) in [6, 6.07) is 2.09. The third kappa shape index (κ3) is 3.65. The predicted octanol–water partition coefficient (Wildman–Crippen LogP) is 2.83. The Bertz CT molecular complexity index is 483. The molecule has 2 N–H and O–H groups in total. The number of morpholine rings is 1. The molecule has 0 radical (unpaired) electrons. The van der Waals surface area contributed by atoms with E-state index in [1.165, 1.54) is 5.56 Å². The second-order valence-electron chi connectivity index (χ2n) is 6.27. The van der Waals surface area contributed by atoms with E-state index >= 15 is 0 Å². The van der Waals surface area contributed by atoms with Crippen LogP contribution in [-0.2, 0) is 9.53 Å². The van der Waals surface area contributed by atoms with E-state index in [1.54, 1.807) is 11.3 Å². The minimum atomic E-state index is 0. The van der Waals surface area contributed by atoms with E-state index in [2.05, 4.69) is 16.8 Å². The van der Waals surface area contributed by atoms with Crippen molar-refractivity contribution in [3.63, 3.8) is 0 Å². The monoisotopic (exact) mass is 344 g/mol. The zero-order valence-electron chi connectivity index (χ0n) is 12.9. The zero-order valence-corrected chi connectivity index (χ0v) is 14.6. The molecule has 2 unspecified atom stereocenters. The number of ether oxygens (including phenoxy) is 1. The van der Waals surface area contributed by atoms with Crippen LogP contribution in [0.25, 0.3) is 0 Å². The minimum absolute atomic E-state index is 0. The van der Waals surface area contributed by atoms with Crippen molar-refractivity contribution in [1.29, 1.82) is 0 Å². The van der Waals surface area contributed by atoms with Crippen LogP contribution in [0.2, 0.25) is 0 Å². The molecule has 3 rings (SSSR count). The lowest BCUT2D eigenvalue weighted by molar-refractivity contribution is -0.150. The van der Waals surface area contributed by atoms with Crippen molar-refractivity contribution in [1.82, 2.24) is 4.90 Å². The molecule has 4 atom stereocenters. The number of amides is 1. The maximum Gasteiger partial charge on any atom is 0.226 e. The maximum atomic E-state index is 12.8. The van der Waals surface area contributed by atoms with Gasteiger partial charge in [0.25, 0.3) is 0 Å². The first-order chi connectivity index (χ1) is 10.2. The van der Waals surface area contributed by atoms with Crippen molar-refractivity contribution in [2.45, 2.75) is 38.4 Å². The lowest BCUT2D eigenvalue weighted by atomic mass is 9.94. The maximum absolute atomic E-state index is 12.8. The van der Waals surface area contributed by atoms with Crippen LogP contribution in [0.3, 0.4) is 0 Å². The summed E-state index contributed by atoms with van der Waals surface area (Å²) in [5.41, 5.74) is 7.02. The van der Waals surface area contributed by atoms with E-state index in [0.29, 0.717) is 31.5 Å². The zero-order chi connectivity index (χ0) is 14.8. The predicted molar refractivity (Wildman–Crippen MR) is 91.3 cm³/mol. The molecule has 6 heteroatoms. The molecule has 2 heterocycles. The summed E-state index contributed by atoms with van der Waals surface area (Å²) in [6.07, 6.45) is 3.33. The van der Waals surface area contributed by atoms with Crippen molar-refractivity contribution in [3.8, 4) is 0 Å². The van der Waals surface area contributed by atoms with Gasteiger partial charge in [-0.15, -0.1) is 12.4 Å². The Labute approximate surface area is 142 Å². The molecule has 1 saturated heterocycles. The highest BCUT2D eigenvalue weighted by Gasteiger charge is 2.38. The Hall–Kier alpha value is -0.620. The Morgan fingerprint density at radius 2 is 2.27 bits per heavy atom. The Kier molecular flexibility index (Phi) is 6.26. The fourth-order valence-electron chi connectivity index (χ4n) is 3.65. The van der Waals surface area contributed by atoms with Crippen molar-refractivity contribution < 1.29 is 9.53 Å². The highest BCUT2D eigenvalue weighted by molar-refractivity contribution is 7.07. The molecule has 1 aliphatic heterocycles. The normalized spacial score (nSPS) is 31.8. The third-order valence-corrected chi connectivity index (χ3v) is 5.47. The van der Waals surface area contributed by atoms with Crippen LogP contribution in [-0.4, -0.2) is 36.5 Å². The molecule has 1 aliphatic carbocycles. The molecule has 1 amide bonds. The average Bonchev–Trinajstić information content (AvgIpc) is 3.16. The van der Waals surface area contributed by atoms with Gasteiger partial charge in [-0.25, -0.2) is 0 Å². The molecule has 4 nitrogen and oxygen atoms in total. The van der Waals surface area contributed by atoms with E-state index < -0.39 is 0 Å². The number of hydrogen-bond donors (Lipinski definition) is 1. The van der Waals surface area contributed by atoms with Gasteiger partial charge < -0.3 is 15.4 Å². The van der Waals surface area contributed by atoms with Gasteiger partial charge >= 0.3 is 0 Å². The highest BCUT2D eigenvalue weighted by atomic mass is 35.5. The van der Waals surface area contributed by atoms with Gasteiger partial charge in [-0.1, -0.05) is 6.42 Å². The second kappa shape index (κ2) is 7.77. The Morgan fingerprint density at radius 3 is 2.95 bits per heavy atom.